The Bertz CT molecular complexity index is 945. The molecule has 7 nitrogen and oxygen atoms in total. The maximum Gasteiger partial charge on any atom is 0.223 e. The van der Waals surface area contributed by atoms with Crippen LogP contribution in [0, 0.1) is 13.8 Å². The molecule has 1 N–H and O–H groups in total. The number of anilines is 1. The van der Waals surface area contributed by atoms with Crippen molar-refractivity contribution < 1.29 is 0 Å². The molecule has 0 aromatic carbocycles. The molecule has 7 heteroatoms. The normalized spacial score (nSPS) is 15.6. The molecule has 1 atom stereocenters. The first-order valence-corrected chi connectivity index (χ1v) is 10.4. The summed E-state index contributed by atoms with van der Waals surface area (Å²) in [5.74, 6) is 0.652. The third kappa shape index (κ3) is 4.15. The number of pyridine rings is 1. The molecule has 0 amide bonds. The quantitative estimate of drug-likeness (QED) is 0.663. The number of likely N-dealkylation sites (tertiary alicyclic amines) is 1. The van der Waals surface area contributed by atoms with Crippen molar-refractivity contribution in [3.63, 3.8) is 0 Å². The van der Waals surface area contributed by atoms with Crippen molar-refractivity contribution in [3.05, 3.63) is 53.7 Å². The van der Waals surface area contributed by atoms with Crippen LogP contribution in [-0.4, -0.2) is 49.3 Å². The standard InChI is InChI=1S/C22H29N7/c1-4-29-17(3)21(16(2)27-29)19-9-11-24-22(26-19)25-15-20(28-12-5-6-13-28)18-8-7-10-23-14-18/h7-11,14,20H,4-6,12-13,15H2,1-3H3,(H,24,25,26). The van der Waals surface area contributed by atoms with E-state index in [9.17, 15) is 0 Å². The van der Waals surface area contributed by atoms with Gasteiger partial charge in [0.2, 0.25) is 5.95 Å². The van der Waals surface area contributed by atoms with E-state index in [0.29, 0.717) is 5.95 Å². The molecule has 0 aliphatic carbocycles. The summed E-state index contributed by atoms with van der Waals surface area (Å²) in [6, 6.07) is 6.39. The largest absolute Gasteiger partial charge is 0.352 e. The van der Waals surface area contributed by atoms with Crippen LogP contribution in [0.25, 0.3) is 11.3 Å². The van der Waals surface area contributed by atoms with Crippen LogP contribution in [0.5, 0.6) is 0 Å². The molecular formula is C22H29N7. The van der Waals surface area contributed by atoms with Crippen LogP contribution in [0.15, 0.2) is 36.8 Å². The monoisotopic (exact) mass is 391 g/mol. The van der Waals surface area contributed by atoms with Gasteiger partial charge in [0.15, 0.2) is 0 Å². The van der Waals surface area contributed by atoms with Crippen molar-refractivity contribution in [1.82, 2.24) is 29.6 Å². The number of nitrogens with zero attached hydrogens (tertiary/aromatic N) is 6. The number of hydrogen-bond acceptors (Lipinski definition) is 6. The minimum Gasteiger partial charge on any atom is -0.352 e. The zero-order chi connectivity index (χ0) is 20.2. The minimum absolute atomic E-state index is 0.268. The summed E-state index contributed by atoms with van der Waals surface area (Å²) in [7, 11) is 0. The molecule has 0 radical (unpaired) electrons. The zero-order valence-corrected chi connectivity index (χ0v) is 17.5. The third-order valence-electron chi connectivity index (χ3n) is 5.70. The molecule has 3 aromatic rings. The molecular weight excluding hydrogens is 362 g/mol. The lowest BCUT2D eigenvalue weighted by Crippen LogP contribution is -2.31. The summed E-state index contributed by atoms with van der Waals surface area (Å²) in [5.41, 5.74) is 5.38. The molecule has 1 aliphatic rings. The summed E-state index contributed by atoms with van der Waals surface area (Å²) in [4.78, 5) is 16.1. The van der Waals surface area contributed by atoms with E-state index in [4.69, 9.17) is 4.98 Å². The van der Waals surface area contributed by atoms with Crippen molar-refractivity contribution in [1.29, 1.82) is 0 Å². The third-order valence-corrected chi connectivity index (χ3v) is 5.70. The lowest BCUT2D eigenvalue weighted by Gasteiger charge is -2.28. The van der Waals surface area contributed by atoms with E-state index < -0.39 is 0 Å². The molecule has 4 heterocycles. The number of aryl methyl sites for hydroxylation is 2. The van der Waals surface area contributed by atoms with Crippen molar-refractivity contribution in [2.45, 2.75) is 46.2 Å². The van der Waals surface area contributed by atoms with Crippen LogP contribution >= 0.6 is 0 Å². The fourth-order valence-electron chi connectivity index (χ4n) is 4.23. The Balaban J connectivity index is 1.55. The fraction of sp³-hybridized carbons (Fsp3) is 0.455. The molecule has 29 heavy (non-hydrogen) atoms. The molecule has 1 unspecified atom stereocenters. The Labute approximate surface area is 172 Å². The smallest absolute Gasteiger partial charge is 0.223 e. The Morgan fingerprint density at radius 2 is 1.97 bits per heavy atom. The van der Waals surface area contributed by atoms with Crippen LogP contribution in [0.3, 0.4) is 0 Å². The van der Waals surface area contributed by atoms with Crippen LogP contribution in [0.1, 0.15) is 42.8 Å². The highest BCUT2D eigenvalue weighted by Crippen LogP contribution is 2.27. The Morgan fingerprint density at radius 3 is 2.66 bits per heavy atom. The zero-order valence-electron chi connectivity index (χ0n) is 17.5. The number of hydrogen-bond donors (Lipinski definition) is 1. The number of nitrogens with one attached hydrogen (secondary N) is 1. The second-order valence-electron chi connectivity index (χ2n) is 7.55. The lowest BCUT2D eigenvalue weighted by atomic mass is 10.1. The summed E-state index contributed by atoms with van der Waals surface area (Å²) < 4.78 is 2.02. The number of rotatable bonds is 7. The molecule has 4 rings (SSSR count). The first-order chi connectivity index (χ1) is 14.2. The Morgan fingerprint density at radius 1 is 1.14 bits per heavy atom. The van der Waals surface area contributed by atoms with Crippen LogP contribution < -0.4 is 5.32 Å². The van der Waals surface area contributed by atoms with E-state index in [1.807, 2.05) is 42.3 Å². The average molecular weight is 392 g/mol. The van der Waals surface area contributed by atoms with Gasteiger partial charge in [-0.15, -0.1) is 0 Å². The highest BCUT2D eigenvalue weighted by Gasteiger charge is 2.24. The molecule has 1 fully saturated rings. The van der Waals surface area contributed by atoms with Gasteiger partial charge < -0.3 is 5.32 Å². The molecule has 1 saturated heterocycles. The molecule has 152 valence electrons. The van der Waals surface area contributed by atoms with Gasteiger partial charge in [-0.2, -0.15) is 5.10 Å². The maximum absolute atomic E-state index is 4.79. The van der Waals surface area contributed by atoms with Gasteiger partial charge in [0, 0.05) is 42.9 Å². The first-order valence-electron chi connectivity index (χ1n) is 10.4. The van der Waals surface area contributed by atoms with Gasteiger partial charge in [-0.1, -0.05) is 6.07 Å². The van der Waals surface area contributed by atoms with E-state index in [2.05, 4.69) is 45.2 Å². The van der Waals surface area contributed by atoms with E-state index >= 15 is 0 Å². The molecule has 0 spiro atoms. The van der Waals surface area contributed by atoms with Crippen molar-refractivity contribution in [3.8, 4) is 11.3 Å². The highest BCUT2D eigenvalue weighted by atomic mass is 15.3. The van der Waals surface area contributed by atoms with Gasteiger partial charge in [-0.05, 0) is 64.4 Å². The van der Waals surface area contributed by atoms with Gasteiger partial charge in [0.25, 0.3) is 0 Å². The Hall–Kier alpha value is -2.80. The van der Waals surface area contributed by atoms with Crippen molar-refractivity contribution in [2.24, 2.45) is 0 Å². The SMILES string of the molecule is CCn1nc(C)c(-c2ccnc(NCC(c3cccnc3)N3CCCC3)n2)c1C. The molecule has 0 saturated carbocycles. The van der Waals surface area contributed by atoms with Crippen molar-refractivity contribution in [2.75, 3.05) is 25.0 Å². The summed E-state index contributed by atoms with van der Waals surface area (Å²) in [6.07, 6.45) is 8.12. The highest BCUT2D eigenvalue weighted by molar-refractivity contribution is 5.65. The van der Waals surface area contributed by atoms with Crippen LogP contribution in [-0.2, 0) is 6.54 Å². The first kappa shape index (κ1) is 19.5. The number of aromatic nitrogens is 5. The molecule has 1 aliphatic heterocycles. The molecule has 3 aromatic heterocycles. The minimum atomic E-state index is 0.268. The van der Waals surface area contributed by atoms with E-state index in [0.717, 1.165) is 48.8 Å². The predicted octanol–water partition coefficient (Wildman–Crippen LogP) is 3.62. The summed E-state index contributed by atoms with van der Waals surface area (Å²) in [6.45, 7) is 10.1. The van der Waals surface area contributed by atoms with E-state index in [-0.39, 0.29) is 6.04 Å². The summed E-state index contributed by atoms with van der Waals surface area (Å²) >= 11 is 0. The lowest BCUT2D eigenvalue weighted by molar-refractivity contribution is 0.255. The van der Waals surface area contributed by atoms with Gasteiger partial charge in [0.1, 0.15) is 0 Å². The van der Waals surface area contributed by atoms with Gasteiger partial charge >= 0.3 is 0 Å². The van der Waals surface area contributed by atoms with Gasteiger partial charge in [0.05, 0.1) is 17.4 Å². The topological polar surface area (TPSA) is 71.8 Å². The summed E-state index contributed by atoms with van der Waals surface area (Å²) in [5, 5.41) is 8.09. The predicted molar refractivity (Wildman–Crippen MR) is 115 cm³/mol. The maximum atomic E-state index is 4.79. The van der Waals surface area contributed by atoms with Crippen molar-refractivity contribution >= 4 is 5.95 Å². The molecule has 0 bridgehead atoms. The van der Waals surface area contributed by atoms with Crippen LogP contribution in [0.4, 0.5) is 5.95 Å². The second-order valence-corrected chi connectivity index (χ2v) is 7.55. The van der Waals surface area contributed by atoms with E-state index in [1.54, 1.807) is 0 Å². The van der Waals surface area contributed by atoms with E-state index in [1.165, 1.54) is 18.4 Å². The van der Waals surface area contributed by atoms with Gasteiger partial charge in [-0.25, -0.2) is 9.97 Å². The van der Waals surface area contributed by atoms with Gasteiger partial charge in [-0.3, -0.25) is 14.6 Å². The Kier molecular flexibility index (Phi) is 5.85. The van der Waals surface area contributed by atoms with Crippen LogP contribution in [0.2, 0.25) is 0 Å². The second kappa shape index (κ2) is 8.69. The fourth-order valence-corrected chi connectivity index (χ4v) is 4.23. The average Bonchev–Trinajstić information content (AvgIpc) is 3.37.